The zero-order valence-electron chi connectivity index (χ0n) is 9.46. The van der Waals surface area contributed by atoms with Crippen LogP contribution in [0.1, 0.15) is 11.1 Å². The quantitative estimate of drug-likeness (QED) is 0.793. The van der Waals surface area contributed by atoms with E-state index in [1.54, 1.807) is 0 Å². The molecule has 100 valence electrons. The summed E-state index contributed by atoms with van der Waals surface area (Å²) >= 11 is 11.3. The maximum absolute atomic E-state index is 12.5. The molecule has 0 saturated carbocycles. The van der Waals surface area contributed by atoms with E-state index in [0.717, 1.165) is 12.1 Å². The Morgan fingerprint density at radius 3 is 2.05 bits per heavy atom. The van der Waals surface area contributed by atoms with Gasteiger partial charge in [0.2, 0.25) is 10.6 Å². The lowest BCUT2D eigenvalue weighted by atomic mass is 10.0. The summed E-state index contributed by atoms with van der Waals surface area (Å²) in [5.41, 5.74) is 0.0485. The van der Waals surface area contributed by atoms with Crippen molar-refractivity contribution in [1.29, 1.82) is 0 Å². The van der Waals surface area contributed by atoms with Crippen molar-refractivity contribution in [2.45, 2.75) is 13.1 Å². The second-order valence-electron chi connectivity index (χ2n) is 3.72. The van der Waals surface area contributed by atoms with Crippen molar-refractivity contribution in [2.75, 3.05) is 0 Å². The fourth-order valence-corrected chi connectivity index (χ4v) is 1.90. The van der Waals surface area contributed by atoms with E-state index in [0.29, 0.717) is 11.1 Å². The van der Waals surface area contributed by atoms with Crippen molar-refractivity contribution in [1.82, 2.24) is 15.0 Å². The van der Waals surface area contributed by atoms with Crippen molar-refractivity contribution < 1.29 is 13.2 Å². The van der Waals surface area contributed by atoms with Crippen LogP contribution < -0.4 is 0 Å². The highest BCUT2D eigenvalue weighted by molar-refractivity contribution is 6.31. The van der Waals surface area contributed by atoms with Crippen LogP contribution in [-0.2, 0) is 6.18 Å². The van der Waals surface area contributed by atoms with E-state index < -0.39 is 11.7 Å². The molecule has 1 aromatic carbocycles. The van der Waals surface area contributed by atoms with Crippen LogP contribution in [0.5, 0.6) is 0 Å². The number of rotatable bonds is 1. The van der Waals surface area contributed by atoms with Crippen LogP contribution in [0.4, 0.5) is 13.2 Å². The molecule has 1 aromatic heterocycles. The molecular formula is C11H6Cl2F3N3. The average molecular weight is 308 g/mol. The summed E-state index contributed by atoms with van der Waals surface area (Å²) in [7, 11) is 0. The molecule has 1 heterocycles. The Bertz CT molecular complexity index is 609. The SMILES string of the molecule is Cc1cc(C(F)(F)F)ccc1-c1nc(Cl)nc(Cl)n1. The van der Waals surface area contributed by atoms with E-state index >= 15 is 0 Å². The molecule has 0 N–H and O–H groups in total. The van der Waals surface area contributed by atoms with Crippen molar-refractivity contribution in [3.8, 4) is 11.4 Å². The minimum absolute atomic E-state index is 0.116. The number of halogens is 5. The van der Waals surface area contributed by atoms with Crippen molar-refractivity contribution >= 4 is 23.2 Å². The molecule has 0 aliphatic heterocycles. The maximum Gasteiger partial charge on any atom is 0.416 e. The number of nitrogens with zero attached hydrogens (tertiary/aromatic N) is 3. The van der Waals surface area contributed by atoms with Gasteiger partial charge in [0.25, 0.3) is 0 Å². The molecule has 0 amide bonds. The first-order valence-corrected chi connectivity index (χ1v) is 5.78. The van der Waals surface area contributed by atoms with Crippen LogP contribution >= 0.6 is 23.2 Å². The number of alkyl halides is 3. The van der Waals surface area contributed by atoms with Gasteiger partial charge >= 0.3 is 6.18 Å². The zero-order chi connectivity index (χ0) is 14.2. The van der Waals surface area contributed by atoms with E-state index in [9.17, 15) is 13.2 Å². The Hall–Kier alpha value is -1.40. The molecule has 0 saturated heterocycles. The molecule has 8 heteroatoms. The van der Waals surface area contributed by atoms with Crippen LogP contribution in [0.3, 0.4) is 0 Å². The monoisotopic (exact) mass is 307 g/mol. The summed E-state index contributed by atoms with van der Waals surface area (Å²) in [5.74, 6) is 0.135. The molecular weight excluding hydrogens is 302 g/mol. The molecule has 0 unspecified atom stereocenters. The van der Waals surface area contributed by atoms with Crippen LogP contribution in [0, 0.1) is 6.92 Å². The Morgan fingerprint density at radius 2 is 1.58 bits per heavy atom. The zero-order valence-corrected chi connectivity index (χ0v) is 11.0. The topological polar surface area (TPSA) is 38.7 Å². The van der Waals surface area contributed by atoms with E-state index in [2.05, 4.69) is 15.0 Å². The van der Waals surface area contributed by atoms with Gasteiger partial charge in [-0.25, -0.2) is 0 Å². The second-order valence-corrected chi connectivity index (χ2v) is 4.40. The third-order valence-electron chi connectivity index (χ3n) is 2.38. The summed E-state index contributed by atoms with van der Waals surface area (Å²) in [4.78, 5) is 11.2. The number of aryl methyl sites for hydroxylation is 1. The molecule has 0 aliphatic carbocycles. The summed E-state index contributed by atoms with van der Waals surface area (Å²) in [6, 6.07) is 3.25. The summed E-state index contributed by atoms with van der Waals surface area (Å²) in [5, 5.41) is -0.233. The first kappa shape index (κ1) is 14.0. The molecule has 3 nitrogen and oxygen atoms in total. The Balaban J connectivity index is 2.52. The fourth-order valence-electron chi connectivity index (χ4n) is 1.54. The van der Waals surface area contributed by atoms with E-state index in [1.807, 2.05) is 0 Å². The predicted octanol–water partition coefficient (Wildman–Crippen LogP) is 4.17. The minimum atomic E-state index is -4.39. The fraction of sp³-hybridized carbons (Fsp3) is 0.182. The molecule has 0 radical (unpaired) electrons. The van der Waals surface area contributed by atoms with Gasteiger partial charge in [-0.1, -0.05) is 6.07 Å². The van der Waals surface area contributed by atoms with Gasteiger partial charge in [0.1, 0.15) is 0 Å². The van der Waals surface area contributed by atoms with E-state index in [-0.39, 0.29) is 16.4 Å². The van der Waals surface area contributed by atoms with Gasteiger partial charge in [0, 0.05) is 5.56 Å². The van der Waals surface area contributed by atoms with E-state index in [1.165, 1.54) is 13.0 Å². The smallest absolute Gasteiger partial charge is 0.198 e. The number of hydrogen-bond donors (Lipinski definition) is 0. The minimum Gasteiger partial charge on any atom is -0.198 e. The Labute approximate surface area is 116 Å². The van der Waals surface area contributed by atoms with E-state index in [4.69, 9.17) is 23.2 Å². The highest BCUT2D eigenvalue weighted by Crippen LogP contribution is 2.32. The highest BCUT2D eigenvalue weighted by Gasteiger charge is 2.30. The van der Waals surface area contributed by atoms with Gasteiger partial charge in [0.05, 0.1) is 5.56 Å². The molecule has 0 aliphatic rings. The summed E-state index contributed by atoms with van der Waals surface area (Å²) in [6.45, 7) is 1.52. The summed E-state index contributed by atoms with van der Waals surface area (Å²) in [6.07, 6.45) is -4.39. The summed E-state index contributed by atoms with van der Waals surface area (Å²) < 4.78 is 37.6. The normalized spacial score (nSPS) is 11.7. The van der Waals surface area contributed by atoms with Gasteiger partial charge in [-0.15, -0.1) is 0 Å². The lowest BCUT2D eigenvalue weighted by Crippen LogP contribution is -2.05. The third-order valence-corrected chi connectivity index (χ3v) is 2.71. The van der Waals surface area contributed by atoms with Gasteiger partial charge in [-0.2, -0.15) is 28.1 Å². The predicted molar refractivity (Wildman–Crippen MR) is 65.0 cm³/mol. The average Bonchev–Trinajstić information content (AvgIpc) is 2.26. The number of aromatic nitrogens is 3. The molecule has 2 rings (SSSR count). The van der Waals surface area contributed by atoms with Gasteiger partial charge in [-0.05, 0) is 47.8 Å². The largest absolute Gasteiger partial charge is 0.416 e. The molecule has 2 aromatic rings. The lowest BCUT2D eigenvalue weighted by Gasteiger charge is -2.10. The van der Waals surface area contributed by atoms with Crippen LogP contribution in [0.15, 0.2) is 18.2 Å². The number of benzene rings is 1. The van der Waals surface area contributed by atoms with Crippen molar-refractivity contribution in [2.24, 2.45) is 0 Å². The Kier molecular flexibility index (Phi) is 3.64. The van der Waals surface area contributed by atoms with Crippen molar-refractivity contribution in [3.05, 3.63) is 39.9 Å². The molecule has 0 fully saturated rings. The lowest BCUT2D eigenvalue weighted by molar-refractivity contribution is -0.137. The van der Waals surface area contributed by atoms with Crippen LogP contribution in [0.25, 0.3) is 11.4 Å². The molecule has 0 atom stereocenters. The van der Waals surface area contributed by atoms with Crippen LogP contribution in [-0.4, -0.2) is 15.0 Å². The maximum atomic E-state index is 12.5. The van der Waals surface area contributed by atoms with Gasteiger partial charge in [-0.3, -0.25) is 0 Å². The highest BCUT2D eigenvalue weighted by atomic mass is 35.5. The standard InChI is InChI=1S/C11H6Cl2F3N3/c1-5-4-6(11(14,15)16)2-3-7(5)8-17-9(12)19-10(13)18-8/h2-4H,1H3. The molecule has 19 heavy (non-hydrogen) atoms. The van der Waals surface area contributed by atoms with Gasteiger partial charge < -0.3 is 0 Å². The molecule has 0 spiro atoms. The first-order chi connectivity index (χ1) is 8.77. The second kappa shape index (κ2) is 4.94. The van der Waals surface area contributed by atoms with Gasteiger partial charge in [0.15, 0.2) is 5.82 Å². The first-order valence-electron chi connectivity index (χ1n) is 5.02. The number of hydrogen-bond acceptors (Lipinski definition) is 3. The molecule has 0 bridgehead atoms. The van der Waals surface area contributed by atoms with Crippen LogP contribution in [0.2, 0.25) is 10.6 Å². The van der Waals surface area contributed by atoms with Crippen molar-refractivity contribution in [3.63, 3.8) is 0 Å². The third kappa shape index (κ3) is 3.13. The Morgan fingerprint density at radius 1 is 1.00 bits per heavy atom.